The molecule has 0 amide bonds. The molecular formula is C14H13BrCl3NS. The van der Waals surface area contributed by atoms with Gasteiger partial charge in [-0.1, -0.05) is 57.7 Å². The Labute approximate surface area is 146 Å². The van der Waals surface area contributed by atoms with E-state index in [4.69, 9.17) is 34.8 Å². The second-order valence-corrected chi connectivity index (χ2v) is 7.94. The van der Waals surface area contributed by atoms with Crippen LogP contribution in [0.15, 0.2) is 28.7 Å². The first-order chi connectivity index (χ1) is 9.52. The second-order valence-electron chi connectivity index (χ2n) is 4.33. The molecule has 1 atom stereocenters. The molecule has 0 saturated carbocycles. The van der Waals surface area contributed by atoms with Crippen LogP contribution in [0, 0.1) is 0 Å². The van der Waals surface area contributed by atoms with Crippen LogP contribution in [0.4, 0.5) is 0 Å². The molecule has 2 rings (SSSR count). The molecule has 0 spiro atoms. The molecule has 6 heteroatoms. The molecule has 2 aromatic rings. The zero-order valence-electron chi connectivity index (χ0n) is 10.7. The quantitative estimate of drug-likeness (QED) is 0.585. The number of nitrogens with one attached hydrogen (secondary N) is 1. The minimum absolute atomic E-state index is 0.0591. The lowest BCUT2D eigenvalue weighted by atomic mass is 10.0. The lowest BCUT2D eigenvalue weighted by Crippen LogP contribution is -2.23. The minimum atomic E-state index is -0.0591. The van der Waals surface area contributed by atoms with Crippen molar-refractivity contribution in [3.05, 3.63) is 53.6 Å². The molecule has 108 valence electrons. The summed E-state index contributed by atoms with van der Waals surface area (Å²) >= 11 is 23.6. The Balaban J connectivity index is 2.46. The highest BCUT2D eigenvalue weighted by Crippen LogP contribution is 2.39. The third kappa shape index (κ3) is 3.90. The molecule has 1 aromatic carbocycles. The van der Waals surface area contributed by atoms with Crippen molar-refractivity contribution in [1.82, 2.24) is 5.32 Å². The number of hydrogen-bond donors (Lipinski definition) is 1. The van der Waals surface area contributed by atoms with E-state index in [0.29, 0.717) is 13.7 Å². The predicted octanol–water partition coefficient (Wildman–Crippen LogP) is 6.56. The summed E-state index contributed by atoms with van der Waals surface area (Å²) < 4.78 is 2.36. The van der Waals surface area contributed by atoms with Gasteiger partial charge in [-0.05, 0) is 42.8 Å². The van der Waals surface area contributed by atoms with Crippen LogP contribution < -0.4 is 5.32 Å². The van der Waals surface area contributed by atoms with Crippen molar-refractivity contribution < 1.29 is 0 Å². The highest BCUT2D eigenvalue weighted by molar-refractivity contribution is 9.10. The van der Waals surface area contributed by atoms with E-state index in [2.05, 4.69) is 28.2 Å². The molecular weight excluding hydrogens is 400 g/mol. The van der Waals surface area contributed by atoms with Gasteiger partial charge in [-0.3, -0.25) is 0 Å². The minimum Gasteiger partial charge on any atom is -0.306 e. The Bertz CT molecular complexity index is 600. The summed E-state index contributed by atoms with van der Waals surface area (Å²) in [4.78, 5) is 0. The second kappa shape index (κ2) is 7.48. The average molecular weight is 414 g/mol. The van der Waals surface area contributed by atoms with Gasteiger partial charge < -0.3 is 5.32 Å². The van der Waals surface area contributed by atoms with E-state index >= 15 is 0 Å². The molecule has 0 aliphatic rings. The predicted molar refractivity (Wildman–Crippen MR) is 93.6 cm³/mol. The summed E-state index contributed by atoms with van der Waals surface area (Å²) in [6.45, 7) is 2.99. The fourth-order valence-electron chi connectivity index (χ4n) is 1.96. The van der Waals surface area contributed by atoms with Crippen LogP contribution in [0.25, 0.3) is 0 Å². The fraction of sp³-hybridized carbons (Fsp3) is 0.286. The van der Waals surface area contributed by atoms with Crippen LogP contribution in [0.1, 0.15) is 30.5 Å². The third-order valence-corrected chi connectivity index (χ3v) is 5.22. The average Bonchev–Trinajstić information content (AvgIpc) is 2.73. The van der Waals surface area contributed by atoms with Gasteiger partial charge in [0, 0.05) is 15.1 Å². The summed E-state index contributed by atoms with van der Waals surface area (Å²) in [6, 6.07) is 7.65. The van der Waals surface area contributed by atoms with Crippen molar-refractivity contribution in [3.63, 3.8) is 0 Å². The van der Waals surface area contributed by atoms with Gasteiger partial charge in [0.1, 0.15) is 0 Å². The standard InChI is InChI=1S/C14H13BrCl3NS/c1-2-5-19-13(10-7-12(17)20-14(10)18)9-6-8(15)3-4-11(9)16/h3-4,6-7,13,19H,2,5H2,1H3. The molecule has 0 aliphatic heterocycles. The van der Waals surface area contributed by atoms with E-state index in [-0.39, 0.29) is 6.04 Å². The highest BCUT2D eigenvalue weighted by Gasteiger charge is 2.21. The maximum absolute atomic E-state index is 6.35. The Morgan fingerprint density at radius 1 is 1.20 bits per heavy atom. The number of rotatable bonds is 5. The first-order valence-corrected chi connectivity index (χ1v) is 8.90. The number of benzene rings is 1. The molecule has 1 nitrogen and oxygen atoms in total. The first kappa shape index (κ1) is 16.6. The summed E-state index contributed by atoms with van der Waals surface area (Å²) in [5.41, 5.74) is 1.96. The zero-order valence-corrected chi connectivity index (χ0v) is 15.4. The Kier molecular flexibility index (Phi) is 6.21. The van der Waals surface area contributed by atoms with Crippen LogP contribution >= 0.6 is 62.1 Å². The van der Waals surface area contributed by atoms with E-state index in [1.54, 1.807) is 0 Å². The number of thiophene rings is 1. The Morgan fingerprint density at radius 2 is 1.95 bits per heavy atom. The van der Waals surface area contributed by atoms with Crippen LogP contribution in [-0.4, -0.2) is 6.54 Å². The molecule has 0 fully saturated rings. The van der Waals surface area contributed by atoms with Gasteiger partial charge in [0.15, 0.2) is 0 Å². The molecule has 1 unspecified atom stereocenters. The van der Waals surface area contributed by atoms with E-state index in [0.717, 1.165) is 28.6 Å². The lowest BCUT2D eigenvalue weighted by molar-refractivity contribution is 0.600. The maximum atomic E-state index is 6.35. The van der Waals surface area contributed by atoms with Crippen LogP contribution in [-0.2, 0) is 0 Å². The molecule has 0 radical (unpaired) electrons. The molecule has 0 aliphatic carbocycles. The summed E-state index contributed by atoms with van der Waals surface area (Å²) in [5, 5.41) is 4.19. The van der Waals surface area contributed by atoms with Gasteiger partial charge in [0.25, 0.3) is 0 Å². The zero-order chi connectivity index (χ0) is 14.7. The normalized spacial score (nSPS) is 12.7. The van der Waals surface area contributed by atoms with Crippen molar-refractivity contribution in [2.24, 2.45) is 0 Å². The van der Waals surface area contributed by atoms with E-state index in [1.807, 2.05) is 24.3 Å². The molecule has 1 aromatic heterocycles. The van der Waals surface area contributed by atoms with Crippen LogP contribution in [0.3, 0.4) is 0 Å². The van der Waals surface area contributed by atoms with Gasteiger partial charge in [-0.25, -0.2) is 0 Å². The summed E-state index contributed by atoms with van der Waals surface area (Å²) in [5.74, 6) is 0. The van der Waals surface area contributed by atoms with Crippen molar-refractivity contribution in [2.75, 3.05) is 6.54 Å². The van der Waals surface area contributed by atoms with Crippen LogP contribution in [0.5, 0.6) is 0 Å². The van der Waals surface area contributed by atoms with Gasteiger partial charge >= 0.3 is 0 Å². The monoisotopic (exact) mass is 411 g/mol. The number of halogens is 4. The third-order valence-electron chi connectivity index (χ3n) is 2.86. The van der Waals surface area contributed by atoms with Gasteiger partial charge in [0.05, 0.1) is 14.7 Å². The highest BCUT2D eigenvalue weighted by atomic mass is 79.9. The maximum Gasteiger partial charge on any atom is 0.0995 e. The van der Waals surface area contributed by atoms with Gasteiger partial charge in [0.2, 0.25) is 0 Å². The van der Waals surface area contributed by atoms with Crippen molar-refractivity contribution in [2.45, 2.75) is 19.4 Å². The first-order valence-electron chi connectivity index (χ1n) is 6.16. The van der Waals surface area contributed by atoms with Gasteiger partial charge in [-0.15, -0.1) is 11.3 Å². The van der Waals surface area contributed by atoms with Crippen molar-refractivity contribution >= 4 is 62.1 Å². The van der Waals surface area contributed by atoms with E-state index in [1.165, 1.54) is 11.3 Å². The fourth-order valence-corrected chi connectivity index (χ4v) is 4.10. The molecule has 1 heterocycles. The summed E-state index contributed by atoms with van der Waals surface area (Å²) in [6.07, 6.45) is 1.03. The Hall–Kier alpha value is 0.230. The van der Waals surface area contributed by atoms with Crippen LogP contribution in [0.2, 0.25) is 13.7 Å². The molecule has 0 saturated heterocycles. The molecule has 20 heavy (non-hydrogen) atoms. The Morgan fingerprint density at radius 3 is 2.55 bits per heavy atom. The van der Waals surface area contributed by atoms with Crippen molar-refractivity contribution in [1.29, 1.82) is 0 Å². The van der Waals surface area contributed by atoms with E-state index in [9.17, 15) is 0 Å². The van der Waals surface area contributed by atoms with Gasteiger partial charge in [-0.2, -0.15) is 0 Å². The summed E-state index contributed by atoms with van der Waals surface area (Å²) in [7, 11) is 0. The number of hydrogen-bond acceptors (Lipinski definition) is 2. The molecule has 0 bridgehead atoms. The molecule has 1 N–H and O–H groups in total. The van der Waals surface area contributed by atoms with Crippen molar-refractivity contribution in [3.8, 4) is 0 Å². The SMILES string of the molecule is CCCNC(c1cc(Br)ccc1Cl)c1cc(Cl)sc1Cl. The topological polar surface area (TPSA) is 12.0 Å². The largest absolute Gasteiger partial charge is 0.306 e. The van der Waals surface area contributed by atoms with E-state index < -0.39 is 0 Å². The smallest absolute Gasteiger partial charge is 0.0995 e. The lowest BCUT2D eigenvalue weighted by Gasteiger charge is -2.20.